The number of ketones is 1. The molecule has 4 rings (SSSR count). The van der Waals surface area contributed by atoms with Gasteiger partial charge in [-0.25, -0.2) is 9.18 Å². The Balaban J connectivity index is 1.77. The zero-order valence-corrected chi connectivity index (χ0v) is 23.2. The topological polar surface area (TPSA) is 54.4 Å². The van der Waals surface area contributed by atoms with Gasteiger partial charge < -0.3 is 5.11 Å². The molecule has 4 heteroatoms. The van der Waals surface area contributed by atoms with Crippen molar-refractivity contribution < 1.29 is 19.1 Å². The summed E-state index contributed by atoms with van der Waals surface area (Å²) in [4.78, 5) is 24.6. The van der Waals surface area contributed by atoms with Crippen molar-refractivity contribution in [2.24, 2.45) is 0 Å². The lowest BCUT2D eigenvalue weighted by molar-refractivity contribution is 0.0696. The lowest BCUT2D eigenvalue weighted by Crippen LogP contribution is -2.36. The van der Waals surface area contributed by atoms with Gasteiger partial charge in [0.1, 0.15) is 5.82 Å². The van der Waals surface area contributed by atoms with E-state index < -0.39 is 5.97 Å². The van der Waals surface area contributed by atoms with Gasteiger partial charge >= 0.3 is 5.97 Å². The first-order valence-electron chi connectivity index (χ1n) is 13.2. The Bertz CT molecular complexity index is 1390. The first-order chi connectivity index (χ1) is 17.7. The maximum absolute atomic E-state index is 13.6. The summed E-state index contributed by atoms with van der Waals surface area (Å²) >= 11 is 0. The van der Waals surface area contributed by atoms with Crippen molar-refractivity contribution in [1.82, 2.24) is 0 Å². The Hall–Kier alpha value is -3.53. The van der Waals surface area contributed by atoms with Crippen molar-refractivity contribution in [2.45, 2.75) is 77.0 Å². The third-order valence-electron chi connectivity index (χ3n) is 8.13. The van der Waals surface area contributed by atoms with Crippen LogP contribution in [0.5, 0.6) is 0 Å². The second kappa shape index (κ2) is 9.98. The number of benzene rings is 3. The Morgan fingerprint density at radius 2 is 1.50 bits per heavy atom. The third kappa shape index (κ3) is 5.65. The van der Waals surface area contributed by atoms with Crippen molar-refractivity contribution in [3.05, 3.63) is 112 Å². The van der Waals surface area contributed by atoms with Crippen LogP contribution in [0.1, 0.15) is 103 Å². The van der Waals surface area contributed by atoms with Gasteiger partial charge in [0.05, 0.1) is 5.56 Å². The maximum Gasteiger partial charge on any atom is 0.335 e. The summed E-state index contributed by atoms with van der Waals surface area (Å²) in [6, 6.07) is 17.3. The fourth-order valence-electron chi connectivity index (χ4n) is 5.69. The first kappa shape index (κ1) is 27.5. The van der Waals surface area contributed by atoms with E-state index in [1.807, 2.05) is 18.2 Å². The van der Waals surface area contributed by atoms with Crippen LogP contribution in [0, 0.1) is 5.82 Å². The van der Waals surface area contributed by atoms with Crippen LogP contribution in [-0.4, -0.2) is 16.9 Å². The summed E-state index contributed by atoms with van der Waals surface area (Å²) in [5.41, 5.74) is 6.05. The fraction of sp³-hybridized carbons (Fsp3) is 0.353. The van der Waals surface area contributed by atoms with Crippen LogP contribution in [0.25, 0.3) is 6.08 Å². The highest BCUT2D eigenvalue weighted by molar-refractivity contribution is 6.07. The van der Waals surface area contributed by atoms with Crippen molar-refractivity contribution in [1.29, 1.82) is 0 Å². The lowest BCUT2D eigenvalue weighted by Gasteiger charge is -2.44. The molecule has 0 spiro atoms. The van der Waals surface area contributed by atoms with Gasteiger partial charge in [0, 0.05) is 5.56 Å². The predicted molar refractivity (Wildman–Crippen MR) is 152 cm³/mol. The standard InChI is InChI=1S/C34H37FO3/c1-32(2)17-18-33(3,4)30-25(21-34(5,6)26-12-14-27(35)15-13-26)19-24(20-28(30)32)29(36)16-9-22-7-10-23(11-8-22)31(37)38/h7-16,19-20H,17-18,21H2,1-6H3,(H,37,38). The highest BCUT2D eigenvalue weighted by atomic mass is 19.1. The largest absolute Gasteiger partial charge is 0.478 e. The van der Waals surface area contributed by atoms with Gasteiger partial charge in [0.15, 0.2) is 5.78 Å². The molecule has 0 radical (unpaired) electrons. The van der Waals surface area contributed by atoms with Crippen molar-refractivity contribution in [3.8, 4) is 0 Å². The maximum atomic E-state index is 13.6. The molecule has 1 aliphatic rings. The molecular weight excluding hydrogens is 475 g/mol. The zero-order valence-electron chi connectivity index (χ0n) is 23.2. The van der Waals surface area contributed by atoms with E-state index >= 15 is 0 Å². The molecule has 0 bridgehead atoms. The van der Waals surface area contributed by atoms with Crippen molar-refractivity contribution >= 4 is 17.8 Å². The van der Waals surface area contributed by atoms with E-state index in [0.29, 0.717) is 5.56 Å². The minimum atomic E-state index is -0.979. The van der Waals surface area contributed by atoms with Crippen LogP contribution in [-0.2, 0) is 22.7 Å². The van der Waals surface area contributed by atoms with Crippen LogP contribution in [0.2, 0.25) is 0 Å². The molecule has 0 amide bonds. The molecule has 0 aromatic heterocycles. The summed E-state index contributed by atoms with van der Waals surface area (Å²) < 4.78 is 13.6. The SMILES string of the molecule is CC(C)(Cc1cc(C(=O)C=Cc2ccc(C(=O)O)cc2)cc2c1C(C)(C)CCC2(C)C)c1ccc(F)cc1. The molecule has 0 atom stereocenters. The van der Waals surface area contributed by atoms with Gasteiger partial charge in [-0.3, -0.25) is 4.79 Å². The average Bonchev–Trinajstić information content (AvgIpc) is 2.85. The predicted octanol–water partition coefficient (Wildman–Crippen LogP) is 8.29. The second-order valence-electron chi connectivity index (χ2n) is 12.5. The molecule has 0 aliphatic heterocycles. The number of hydrogen-bond donors (Lipinski definition) is 1. The van der Waals surface area contributed by atoms with Crippen LogP contribution < -0.4 is 0 Å². The molecule has 0 saturated carbocycles. The van der Waals surface area contributed by atoms with E-state index in [2.05, 4.69) is 47.6 Å². The zero-order chi connectivity index (χ0) is 27.9. The van der Waals surface area contributed by atoms with Gasteiger partial charge in [0.25, 0.3) is 0 Å². The molecule has 38 heavy (non-hydrogen) atoms. The number of carboxylic acid groups (broad SMARTS) is 1. The number of carbonyl (C=O) groups is 2. The van der Waals surface area contributed by atoms with Crippen molar-refractivity contribution in [2.75, 3.05) is 0 Å². The van der Waals surface area contributed by atoms with E-state index in [0.717, 1.165) is 36.0 Å². The van der Waals surface area contributed by atoms with Crippen LogP contribution in [0.3, 0.4) is 0 Å². The lowest BCUT2D eigenvalue weighted by atomic mass is 9.60. The summed E-state index contributed by atoms with van der Waals surface area (Å²) in [6.07, 6.45) is 6.12. The van der Waals surface area contributed by atoms with E-state index in [1.165, 1.54) is 35.4 Å². The number of fused-ring (bicyclic) bond motifs is 1. The van der Waals surface area contributed by atoms with E-state index in [9.17, 15) is 14.0 Å². The number of halogens is 1. The Kier molecular flexibility index (Phi) is 7.22. The quantitative estimate of drug-likeness (QED) is 0.256. The van der Waals surface area contributed by atoms with Crippen molar-refractivity contribution in [3.63, 3.8) is 0 Å². The Morgan fingerprint density at radius 1 is 0.895 bits per heavy atom. The molecule has 1 aliphatic carbocycles. The highest BCUT2D eigenvalue weighted by Gasteiger charge is 2.40. The smallest absolute Gasteiger partial charge is 0.335 e. The summed E-state index contributed by atoms with van der Waals surface area (Å²) in [7, 11) is 0. The van der Waals surface area contributed by atoms with Gasteiger partial charge in [-0.2, -0.15) is 0 Å². The number of hydrogen-bond acceptors (Lipinski definition) is 2. The van der Waals surface area contributed by atoms with Gasteiger partial charge in [-0.05, 0) is 106 Å². The number of allylic oxidation sites excluding steroid dienone is 1. The molecular formula is C34H37FO3. The van der Waals surface area contributed by atoms with E-state index in [-0.39, 0.29) is 33.4 Å². The third-order valence-corrected chi connectivity index (χ3v) is 8.13. The molecule has 3 aromatic rings. The van der Waals surface area contributed by atoms with E-state index in [1.54, 1.807) is 24.3 Å². The Labute approximate surface area is 225 Å². The van der Waals surface area contributed by atoms with Crippen LogP contribution in [0.15, 0.2) is 66.7 Å². The highest BCUT2D eigenvalue weighted by Crippen LogP contribution is 2.48. The van der Waals surface area contributed by atoms with Crippen LogP contribution >= 0.6 is 0 Å². The number of carbonyl (C=O) groups excluding carboxylic acids is 1. The molecule has 3 nitrogen and oxygen atoms in total. The molecule has 0 fully saturated rings. The van der Waals surface area contributed by atoms with Gasteiger partial charge in [-0.15, -0.1) is 0 Å². The number of aromatic carboxylic acids is 1. The van der Waals surface area contributed by atoms with E-state index in [4.69, 9.17) is 5.11 Å². The van der Waals surface area contributed by atoms with Gasteiger partial charge in [-0.1, -0.05) is 71.9 Å². The summed E-state index contributed by atoms with van der Waals surface area (Å²) in [5, 5.41) is 9.12. The molecule has 3 aromatic carbocycles. The molecule has 1 N–H and O–H groups in total. The minimum Gasteiger partial charge on any atom is -0.478 e. The van der Waals surface area contributed by atoms with Gasteiger partial charge in [0.2, 0.25) is 0 Å². The molecule has 0 saturated heterocycles. The molecule has 0 heterocycles. The minimum absolute atomic E-state index is 0.0254. The molecule has 198 valence electrons. The molecule has 0 unspecified atom stereocenters. The summed E-state index contributed by atoms with van der Waals surface area (Å²) in [5.74, 6) is -1.32. The number of carboxylic acids is 1. The summed E-state index contributed by atoms with van der Waals surface area (Å²) in [6.45, 7) is 13.4. The normalized spacial score (nSPS) is 16.3. The Morgan fingerprint density at radius 3 is 2.11 bits per heavy atom. The first-order valence-corrected chi connectivity index (χ1v) is 13.2. The number of rotatable bonds is 7. The monoisotopic (exact) mass is 512 g/mol. The van der Waals surface area contributed by atoms with Crippen LogP contribution in [0.4, 0.5) is 4.39 Å². The fourth-order valence-corrected chi connectivity index (χ4v) is 5.69. The average molecular weight is 513 g/mol. The second-order valence-corrected chi connectivity index (χ2v) is 12.5.